The summed E-state index contributed by atoms with van der Waals surface area (Å²) in [5, 5.41) is 21.2. The van der Waals surface area contributed by atoms with Crippen LogP contribution in [0.3, 0.4) is 0 Å². The zero-order chi connectivity index (χ0) is 34.2. The van der Waals surface area contributed by atoms with E-state index in [1.807, 2.05) is 6.07 Å². The summed E-state index contributed by atoms with van der Waals surface area (Å²) in [6.45, 7) is 3.91. The van der Waals surface area contributed by atoms with Gasteiger partial charge < -0.3 is 25.6 Å². The first-order chi connectivity index (χ1) is 24.4. The molecule has 0 bridgehead atoms. The molecule has 50 heavy (non-hydrogen) atoms. The fourth-order valence-corrected chi connectivity index (χ4v) is 8.55. The van der Waals surface area contributed by atoms with Gasteiger partial charge in [-0.2, -0.15) is 0 Å². The van der Waals surface area contributed by atoms with Crippen molar-refractivity contribution >= 4 is 40.1 Å². The van der Waals surface area contributed by atoms with E-state index in [1.54, 1.807) is 6.20 Å². The van der Waals surface area contributed by atoms with Crippen LogP contribution in [-0.2, 0) is 22.4 Å². The molecule has 2 unspecified atom stereocenters. The first-order valence-corrected chi connectivity index (χ1v) is 18.3. The standard InChI is InChI=1S/C38H46N8O4/c39-36(48)34-37(42-31(22-40-34)46-18-2-1-3-19-46)41-26-9-4-23(5-10-26)24-6-11-27(12-7-24)45-20-16-25-8-13-29-33(30-14-15-32(47)43-38(30)49)44-50-35(29)28(25)17-21-45/h4-5,8-10,13,22,24,27,30,36,48H,1-3,6-7,11-12,14-21,39H2,(H,41,42)(H,43,47,49). The molecule has 1 saturated carbocycles. The zero-order valence-corrected chi connectivity index (χ0v) is 28.4. The normalized spacial score (nSPS) is 24.0. The van der Waals surface area contributed by atoms with Gasteiger partial charge in [0, 0.05) is 55.3 Å². The van der Waals surface area contributed by atoms with E-state index < -0.39 is 12.1 Å². The Morgan fingerprint density at radius 1 is 0.920 bits per heavy atom. The number of carbonyl (C=O) groups is 2. The molecule has 3 fully saturated rings. The number of nitrogens with two attached hydrogens (primary N) is 1. The van der Waals surface area contributed by atoms with Crippen molar-refractivity contribution in [2.45, 2.75) is 94.7 Å². The minimum Gasteiger partial charge on any atom is -0.373 e. The van der Waals surface area contributed by atoms with Gasteiger partial charge in [0.25, 0.3) is 0 Å². The number of benzene rings is 2. The van der Waals surface area contributed by atoms with Crippen molar-refractivity contribution in [1.82, 2.24) is 25.3 Å². The van der Waals surface area contributed by atoms with Crippen molar-refractivity contribution < 1.29 is 19.2 Å². The molecule has 4 aromatic rings. The summed E-state index contributed by atoms with van der Waals surface area (Å²) in [5.74, 6) is 0.861. The number of nitrogens with zero attached hydrogens (tertiary/aromatic N) is 5. The number of anilines is 3. The summed E-state index contributed by atoms with van der Waals surface area (Å²) in [5.41, 5.74) is 12.4. The molecule has 3 aliphatic heterocycles. The average Bonchev–Trinajstić information content (AvgIpc) is 3.44. The lowest BCUT2D eigenvalue weighted by atomic mass is 9.81. The molecule has 12 nitrogen and oxygen atoms in total. The molecule has 4 aliphatic rings. The molecule has 2 aromatic heterocycles. The molecule has 2 aromatic carbocycles. The number of imide groups is 1. The van der Waals surface area contributed by atoms with Gasteiger partial charge in [-0.05, 0) is 99.5 Å². The maximum atomic E-state index is 12.6. The largest absolute Gasteiger partial charge is 0.373 e. The molecule has 5 N–H and O–H groups in total. The molecule has 0 spiro atoms. The zero-order valence-electron chi connectivity index (χ0n) is 28.4. The minimum atomic E-state index is -1.21. The number of aliphatic hydroxyl groups excluding tert-OH is 1. The summed E-state index contributed by atoms with van der Waals surface area (Å²) in [6.07, 6.45) is 11.3. The van der Waals surface area contributed by atoms with Crippen LogP contribution in [0.5, 0.6) is 0 Å². The predicted molar refractivity (Wildman–Crippen MR) is 190 cm³/mol. The van der Waals surface area contributed by atoms with E-state index in [4.69, 9.17) is 15.2 Å². The summed E-state index contributed by atoms with van der Waals surface area (Å²) >= 11 is 0. The number of aliphatic hydroxyl groups is 1. The summed E-state index contributed by atoms with van der Waals surface area (Å²) in [7, 11) is 0. The third kappa shape index (κ3) is 6.59. The van der Waals surface area contributed by atoms with Crippen LogP contribution in [0.15, 0.2) is 47.1 Å². The Morgan fingerprint density at radius 2 is 1.70 bits per heavy atom. The lowest BCUT2D eigenvalue weighted by Gasteiger charge is -2.36. The highest BCUT2D eigenvalue weighted by Crippen LogP contribution is 2.38. The van der Waals surface area contributed by atoms with E-state index in [0.29, 0.717) is 42.0 Å². The van der Waals surface area contributed by atoms with E-state index in [9.17, 15) is 14.7 Å². The van der Waals surface area contributed by atoms with E-state index in [0.717, 1.165) is 100 Å². The van der Waals surface area contributed by atoms with Gasteiger partial charge in [-0.1, -0.05) is 23.4 Å². The fourth-order valence-electron chi connectivity index (χ4n) is 8.55. The highest BCUT2D eigenvalue weighted by molar-refractivity contribution is 6.02. The van der Waals surface area contributed by atoms with Crippen LogP contribution in [0, 0.1) is 0 Å². The Labute approximate surface area is 291 Å². The van der Waals surface area contributed by atoms with Gasteiger partial charge in [-0.3, -0.25) is 19.8 Å². The molecular weight excluding hydrogens is 632 g/mol. The number of hydrogen-bond acceptors (Lipinski definition) is 11. The third-order valence-electron chi connectivity index (χ3n) is 11.4. The maximum absolute atomic E-state index is 12.6. The fraction of sp³-hybridized carbons (Fsp3) is 0.500. The quantitative estimate of drug-likeness (QED) is 0.155. The Hall–Kier alpha value is -4.39. The number of rotatable bonds is 7. The predicted octanol–water partition coefficient (Wildman–Crippen LogP) is 4.95. The molecule has 2 saturated heterocycles. The first kappa shape index (κ1) is 32.8. The number of amides is 2. The topological polar surface area (TPSA) is 163 Å². The number of aromatic nitrogens is 3. The van der Waals surface area contributed by atoms with Gasteiger partial charge in [-0.15, -0.1) is 0 Å². The average molecular weight is 679 g/mol. The Kier molecular flexibility index (Phi) is 9.24. The van der Waals surface area contributed by atoms with E-state index >= 15 is 0 Å². The maximum Gasteiger partial charge on any atom is 0.235 e. The van der Waals surface area contributed by atoms with Crippen LogP contribution < -0.4 is 21.3 Å². The van der Waals surface area contributed by atoms with Crippen LogP contribution in [0.25, 0.3) is 11.0 Å². The van der Waals surface area contributed by atoms with Crippen molar-refractivity contribution in [1.29, 1.82) is 0 Å². The summed E-state index contributed by atoms with van der Waals surface area (Å²) in [6, 6.07) is 13.4. The van der Waals surface area contributed by atoms with E-state index in [1.165, 1.54) is 23.1 Å². The molecule has 12 heteroatoms. The van der Waals surface area contributed by atoms with Crippen LogP contribution in [0.1, 0.15) is 104 Å². The SMILES string of the molecule is NC(O)c1ncc(N2CCCCC2)nc1Nc1ccc(C2CCC(N3CCc4ccc5c(C6CCC(=O)NC6=O)noc5c4CC3)CC2)cc1. The summed E-state index contributed by atoms with van der Waals surface area (Å²) in [4.78, 5) is 38.4. The second-order valence-electron chi connectivity index (χ2n) is 14.4. The van der Waals surface area contributed by atoms with Gasteiger partial charge in [0.1, 0.15) is 23.4 Å². The molecular formula is C38H46N8O4. The smallest absolute Gasteiger partial charge is 0.235 e. The van der Waals surface area contributed by atoms with Gasteiger partial charge in [0.2, 0.25) is 11.8 Å². The Balaban J connectivity index is 0.885. The molecule has 2 amide bonds. The Morgan fingerprint density at radius 3 is 2.46 bits per heavy atom. The monoisotopic (exact) mass is 678 g/mol. The number of carbonyl (C=O) groups excluding carboxylic acids is 2. The van der Waals surface area contributed by atoms with Crippen LogP contribution in [-0.4, -0.2) is 69.2 Å². The number of nitrogens with one attached hydrogen (secondary N) is 2. The van der Waals surface area contributed by atoms with Crippen LogP contribution >= 0.6 is 0 Å². The van der Waals surface area contributed by atoms with Gasteiger partial charge in [-0.25, -0.2) is 9.97 Å². The lowest BCUT2D eigenvalue weighted by molar-refractivity contribution is -0.134. The lowest BCUT2D eigenvalue weighted by Crippen LogP contribution is -2.39. The molecule has 5 heterocycles. The van der Waals surface area contributed by atoms with Crippen molar-refractivity contribution in [2.24, 2.45) is 5.73 Å². The number of piperidine rings is 2. The minimum absolute atomic E-state index is 0.225. The van der Waals surface area contributed by atoms with E-state index in [-0.39, 0.29) is 11.8 Å². The van der Waals surface area contributed by atoms with Crippen LogP contribution in [0.2, 0.25) is 0 Å². The van der Waals surface area contributed by atoms with Gasteiger partial charge in [0.15, 0.2) is 11.4 Å². The molecule has 2 atom stereocenters. The van der Waals surface area contributed by atoms with Crippen molar-refractivity contribution in [3.63, 3.8) is 0 Å². The molecule has 262 valence electrons. The van der Waals surface area contributed by atoms with Crippen molar-refractivity contribution in [3.05, 3.63) is 70.7 Å². The highest BCUT2D eigenvalue weighted by atomic mass is 16.5. The van der Waals surface area contributed by atoms with Crippen LogP contribution in [0.4, 0.5) is 17.3 Å². The van der Waals surface area contributed by atoms with E-state index in [2.05, 4.69) is 60.9 Å². The number of hydrogen-bond donors (Lipinski definition) is 4. The first-order valence-electron chi connectivity index (χ1n) is 18.3. The van der Waals surface area contributed by atoms with Gasteiger partial charge in [0.05, 0.1) is 12.1 Å². The second kappa shape index (κ2) is 14.1. The third-order valence-corrected chi connectivity index (χ3v) is 11.4. The molecule has 8 rings (SSSR count). The highest BCUT2D eigenvalue weighted by Gasteiger charge is 2.34. The molecule has 1 aliphatic carbocycles. The van der Waals surface area contributed by atoms with Crippen molar-refractivity contribution in [3.8, 4) is 0 Å². The second-order valence-corrected chi connectivity index (χ2v) is 14.4. The van der Waals surface area contributed by atoms with Gasteiger partial charge >= 0.3 is 0 Å². The summed E-state index contributed by atoms with van der Waals surface area (Å²) < 4.78 is 5.90. The molecule has 0 radical (unpaired) electrons. The Bertz CT molecular complexity index is 1860. The number of fused-ring (bicyclic) bond motifs is 3. The van der Waals surface area contributed by atoms with Crippen molar-refractivity contribution in [2.75, 3.05) is 36.4 Å².